The van der Waals surface area contributed by atoms with Crippen LogP contribution < -0.4 is 10.6 Å². The fourth-order valence-corrected chi connectivity index (χ4v) is 1.38. The van der Waals surface area contributed by atoms with E-state index in [4.69, 9.17) is 0 Å². The number of rotatable bonds is 3. The number of aryl methyl sites for hydroxylation is 1. The van der Waals surface area contributed by atoms with Crippen molar-refractivity contribution in [1.29, 1.82) is 0 Å². The van der Waals surface area contributed by atoms with Crippen LogP contribution in [0.25, 0.3) is 0 Å². The van der Waals surface area contributed by atoms with Gasteiger partial charge < -0.3 is 10.6 Å². The molecule has 2 N–H and O–H groups in total. The van der Waals surface area contributed by atoms with Gasteiger partial charge in [-0.05, 0) is 19.1 Å². The summed E-state index contributed by atoms with van der Waals surface area (Å²) in [6.45, 7) is 5.08. The lowest BCUT2D eigenvalue weighted by atomic mass is 10.2. The van der Waals surface area contributed by atoms with Gasteiger partial charge in [-0.15, -0.1) is 0 Å². The van der Waals surface area contributed by atoms with Crippen LogP contribution in [0.1, 0.15) is 11.4 Å². The van der Waals surface area contributed by atoms with E-state index in [0.29, 0.717) is 6.04 Å². The van der Waals surface area contributed by atoms with Crippen LogP contribution in [0.4, 0.5) is 0 Å². The van der Waals surface area contributed by atoms with Crippen LogP contribution in [-0.4, -0.2) is 24.1 Å². The van der Waals surface area contributed by atoms with Crippen LogP contribution in [0.5, 0.6) is 0 Å². The van der Waals surface area contributed by atoms with E-state index in [0.717, 1.165) is 31.0 Å². The lowest BCUT2D eigenvalue weighted by molar-refractivity contribution is 0.364. The summed E-state index contributed by atoms with van der Waals surface area (Å²) in [6, 6.07) is 6.78. The predicted octanol–water partition coefficient (Wildman–Crippen LogP) is 0.451. The van der Waals surface area contributed by atoms with Gasteiger partial charge in [0.1, 0.15) is 0 Å². The summed E-state index contributed by atoms with van der Waals surface area (Å²) in [5, 5.41) is 6.66. The van der Waals surface area contributed by atoms with Crippen molar-refractivity contribution in [2.24, 2.45) is 0 Å². The third kappa shape index (κ3) is 2.26. The van der Waals surface area contributed by atoms with E-state index in [-0.39, 0.29) is 0 Å². The van der Waals surface area contributed by atoms with Gasteiger partial charge in [0.25, 0.3) is 0 Å². The summed E-state index contributed by atoms with van der Waals surface area (Å²) in [5.41, 5.74) is 2.22. The van der Waals surface area contributed by atoms with Crippen molar-refractivity contribution in [3.63, 3.8) is 0 Å². The second kappa shape index (κ2) is 3.85. The lowest BCUT2D eigenvalue weighted by Gasteiger charge is -2.27. The number of pyridine rings is 1. The molecule has 13 heavy (non-hydrogen) atoms. The molecule has 1 aromatic rings. The monoisotopic (exact) mass is 177 g/mol. The van der Waals surface area contributed by atoms with Crippen molar-refractivity contribution < 1.29 is 0 Å². The molecule has 2 rings (SSSR count). The van der Waals surface area contributed by atoms with Crippen molar-refractivity contribution >= 4 is 0 Å². The highest BCUT2D eigenvalue weighted by molar-refractivity contribution is 5.09. The summed E-state index contributed by atoms with van der Waals surface area (Å²) in [4.78, 5) is 4.42. The Kier molecular flexibility index (Phi) is 2.57. The third-order valence-corrected chi connectivity index (χ3v) is 2.30. The average molecular weight is 177 g/mol. The number of hydrogen-bond donors (Lipinski definition) is 2. The molecule has 1 aromatic heterocycles. The van der Waals surface area contributed by atoms with Crippen LogP contribution in [-0.2, 0) is 6.54 Å². The molecule has 0 bridgehead atoms. The quantitative estimate of drug-likeness (QED) is 0.704. The Morgan fingerprint density at radius 2 is 2.38 bits per heavy atom. The van der Waals surface area contributed by atoms with Crippen LogP contribution in [0.2, 0.25) is 0 Å². The molecule has 0 radical (unpaired) electrons. The van der Waals surface area contributed by atoms with Gasteiger partial charge in [-0.1, -0.05) is 6.07 Å². The van der Waals surface area contributed by atoms with E-state index in [9.17, 15) is 0 Å². The number of nitrogens with zero attached hydrogens (tertiary/aromatic N) is 1. The second-order valence-electron chi connectivity index (χ2n) is 3.51. The Morgan fingerprint density at radius 3 is 3.00 bits per heavy atom. The minimum absolute atomic E-state index is 0.641. The molecule has 1 aliphatic rings. The van der Waals surface area contributed by atoms with E-state index in [1.807, 2.05) is 13.0 Å². The number of aromatic nitrogens is 1. The SMILES string of the molecule is Cc1cccc(CNC2CNC2)n1. The molecule has 3 nitrogen and oxygen atoms in total. The van der Waals surface area contributed by atoms with Gasteiger partial charge in [-0.25, -0.2) is 0 Å². The van der Waals surface area contributed by atoms with Crippen LogP contribution in [0, 0.1) is 6.92 Å². The molecule has 1 saturated heterocycles. The molecular formula is C10H15N3. The van der Waals surface area contributed by atoms with Crippen LogP contribution >= 0.6 is 0 Å². The Labute approximate surface area is 78.6 Å². The van der Waals surface area contributed by atoms with Gasteiger partial charge in [0.15, 0.2) is 0 Å². The smallest absolute Gasteiger partial charge is 0.0544 e. The maximum Gasteiger partial charge on any atom is 0.0544 e. The molecule has 70 valence electrons. The molecule has 2 heterocycles. The molecule has 3 heteroatoms. The summed E-state index contributed by atoms with van der Waals surface area (Å²) < 4.78 is 0. The highest BCUT2D eigenvalue weighted by atomic mass is 15.1. The van der Waals surface area contributed by atoms with E-state index in [1.54, 1.807) is 0 Å². The Hall–Kier alpha value is -0.930. The minimum Gasteiger partial charge on any atom is -0.314 e. The highest BCUT2D eigenvalue weighted by Gasteiger charge is 2.15. The zero-order chi connectivity index (χ0) is 9.10. The molecule has 1 aliphatic heterocycles. The fraction of sp³-hybridized carbons (Fsp3) is 0.500. The largest absolute Gasteiger partial charge is 0.314 e. The average Bonchev–Trinajstić information content (AvgIpc) is 2.01. The van der Waals surface area contributed by atoms with Crippen LogP contribution in [0.3, 0.4) is 0 Å². The third-order valence-electron chi connectivity index (χ3n) is 2.30. The molecule has 1 fully saturated rings. The maximum atomic E-state index is 4.42. The molecule has 0 aromatic carbocycles. The first-order valence-corrected chi connectivity index (χ1v) is 4.71. The van der Waals surface area contributed by atoms with Crippen molar-refractivity contribution in [2.45, 2.75) is 19.5 Å². The summed E-state index contributed by atoms with van der Waals surface area (Å²) >= 11 is 0. The maximum absolute atomic E-state index is 4.42. The highest BCUT2D eigenvalue weighted by Crippen LogP contribution is 1.99. The summed E-state index contributed by atoms with van der Waals surface area (Å²) in [7, 11) is 0. The number of nitrogens with one attached hydrogen (secondary N) is 2. The van der Waals surface area contributed by atoms with Gasteiger partial charge in [0.2, 0.25) is 0 Å². The summed E-state index contributed by atoms with van der Waals surface area (Å²) in [6.07, 6.45) is 0. The van der Waals surface area contributed by atoms with E-state index in [1.165, 1.54) is 0 Å². The second-order valence-corrected chi connectivity index (χ2v) is 3.51. The summed E-state index contributed by atoms with van der Waals surface area (Å²) in [5.74, 6) is 0. The molecule has 0 atom stereocenters. The van der Waals surface area contributed by atoms with Gasteiger partial charge in [-0.2, -0.15) is 0 Å². The minimum atomic E-state index is 0.641. The van der Waals surface area contributed by atoms with Crippen molar-refractivity contribution in [3.8, 4) is 0 Å². The normalized spacial score (nSPS) is 17.0. The van der Waals surface area contributed by atoms with Gasteiger partial charge >= 0.3 is 0 Å². The molecular weight excluding hydrogens is 162 g/mol. The van der Waals surface area contributed by atoms with E-state index >= 15 is 0 Å². The van der Waals surface area contributed by atoms with Gasteiger partial charge in [-0.3, -0.25) is 4.98 Å². The van der Waals surface area contributed by atoms with E-state index < -0.39 is 0 Å². The lowest BCUT2D eigenvalue weighted by Crippen LogP contribution is -2.55. The van der Waals surface area contributed by atoms with Crippen LogP contribution in [0.15, 0.2) is 18.2 Å². The Morgan fingerprint density at radius 1 is 1.54 bits per heavy atom. The first-order valence-electron chi connectivity index (χ1n) is 4.71. The first kappa shape index (κ1) is 8.66. The zero-order valence-electron chi connectivity index (χ0n) is 7.88. The van der Waals surface area contributed by atoms with Crippen molar-refractivity contribution in [3.05, 3.63) is 29.6 Å². The molecule has 0 saturated carbocycles. The van der Waals surface area contributed by atoms with Gasteiger partial charge in [0, 0.05) is 31.4 Å². The van der Waals surface area contributed by atoms with Gasteiger partial charge in [0.05, 0.1) is 5.69 Å². The standard InChI is InChI=1S/C10H15N3/c1-8-3-2-4-9(13-8)7-12-10-5-11-6-10/h2-4,10-12H,5-7H2,1H3. The molecule has 0 unspecified atom stereocenters. The molecule has 0 spiro atoms. The van der Waals surface area contributed by atoms with E-state index in [2.05, 4.69) is 27.8 Å². The Bertz CT molecular complexity index is 281. The molecule has 0 aliphatic carbocycles. The number of hydrogen-bond acceptors (Lipinski definition) is 3. The fourth-order valence-electron chi connectivity index (χ4n) is 1.38. The zero-order valence-corrected chi connectivity index (χ0v) is 7.88. The van der Waals surface area contributed by atoms with Crippen molar-refractivity contribution in [2.75, 3.05) is 13.1 Å². The Balaban J connectivity index is 1.86. The molecule has 0 amide bonds. The predicted molar refractivity (Wildman–Crippen MR) is 52.5 cm³/mol. The first-order chi connectivity index (χ1) is 6.34. The van der Waals surface area contributed by atoms with Crippen molar-refractivity contribution in [1.82, 2.24) is 15.6 Å². The topological polar surface area (TPSA) is 37.0 Å².